The smallest absolute Gasteiger partial charge is 0.315 e. The number of morpholine rings is 1. The summed E-state index contributed by atoms with van der Waals surface area (Å²) in [4.78, 5) is 25.2. The average molecular weight is 245 g/mol. The summed E-state index contributed by atoms with van der Waals surface area (Å²) < 4.78 is 5.20. The van der Waals surface area contributed by atoms with Crippen molar-refractivity contribution < 1.29 is 14.3 Å². The Morgan fingerprint density at radius 1 is 1.29 bits per heavy atom. The molecule has 0 aromatic carbocycles. The van der Waals surface area contributed by atoms with Crippen LogP contribution >= 0.6 is 0 Å². The summed E-state index contributed by atoms with van der Waals surface area (Å²) in [7, 11) is 0. The largest absolute Gasteiger partial charge is 0.379 e. The summed E-state index contributed by atoms with van der Waals surface area (Å²) in [6.07, 6.45) is 0. The first-order valence-corrected chi connectivity index (χ1v) is 5.47. The van der Waals surface area contributed by atoms with Crippen LogP contribution in [0.1, 0.15) is 0 Å². The molecule has 1 fully saturated rings. The highest BCUT2D eigenvalue weighted by Gasteiger charge is 2.16. The van der Waals surface area contributed by atoms with Gasteiger partial charge in [0.1, 0.15) is 0 Å². The van der Waals surface area contributed by atoms with Crippen molar-refractivity contribution in [3.05, 3.63) is 0 Å². The molecule has 1 heterocycles. The minimum Gasteiger partial charge on any atom is -0.379 e. The van der Waals surface area contributed by atoms with Crippen molar-refractivity contribution in [2.24, 2.45) is 11.5 Å². The fraction of sp³-hybridized carbons (Fsp3) is 0.778. The lowest BCUT2D eigenvalue weighted by atomic mass is 10.4. The quantitative estimate of drug-likeness (QED) is 0.537. The Morgan fingerprint density at radius 3 is 2.47 bits per heavy atom. The summed E-state index contributed by atoms with van der Waals surface area (Å²) in [6, 6.07) is -1.12. The van der Waals surface area contributed by atoms with Gasteiger partial charge < -0.3 is 26.4 Å². The molecule has 1 rings (SSSR count). The number of hydrogen-bond donors (Lipinski definition) is 3. The highest BCUT2D eigenvalue weighted by molar-refractivity contribution is 5.73. The number of ether oxygens (including phenoxy) is 1. The SMILES string of the molecule is NC(=O)NCCN(CN1CCOCC1)C(N)=O. The number of nitrogens with two attached hydrogens (primary N) is 2. The van der Waals surface area contributed by atoms with Gasteiger partial charge in [0.15, 0.2) is 0 Å². The van der Waals surface area contributed by atoms with Gasteiger partial charge in [-0.05, 0) is 0 Å². The summed E-state index contributed by atoms with van der Waals surface area (Å²) >= 11 is 0. The van der Waals surface area contributed by atoms with E-state index in [4.69, 9.17) is 16.2 Å². The number of carbonyl (C=O) groups excluding carboxylic acids is 2. The Labute approximate surface area is 99.8 Å². The second-order valence-electron chi connectivity index (χ2n) is 3.76. The van der Waals surface area contributed by atoms with Gasteiger partial charge in [-0.25, -0.2) is 9.59 Å². The lowest BCUT2D eigenvalue weighted by Crippen LogP contribution is -2.50. The molecule has 1 aliphatic heterocycles. The lowest BCUT2D eigenvalue weighted by molar-refractivity contribution is 0.0178. The summed E-state index contributed by atoms with van der Waals surface area (Å²) in [5, 5.41) is 2.41. The molecule has 0 aromatic rings. The summed E-state index contributed by atoms with van der Waals surface area (Å²) in [6.45, 7) is 3.94. The van der Waals surface area contributed by atoms with E-state index < -0.39 is 12.1 Å². The first kappa shape index (κ1) is 13.5. The Hall–Kier alpha value is -1.54. The molecule has 1 aliphatic rings. The molecule has 0 aliphatic carbocycles. The van der Waals surface area contributed by atoms with Crippen molar-refractivity contribution >= 4 is 12.1 Å². The number of nitrogens with zero attached hydrogens (tertiary/aromatic N) is 2. The van der Waals surface area contributed by atoms with Crippen LogP contribution in [0, 0.1) is 0 Å². The Morgan fingerprint density at radius 2 is 1.94 bits per heavy atom. The Balaban J connectivity index is 2.31. The highest BCUT2D eigenvalue weighted by atomic mass is 16.5. The van der Waals surface area contributed by atoms with Gasteiger partial charge in [0.05, 0.1) is 19.9 Å². The molecule has 1 saturated heterocycles. The number of carbonyl (C=O) groups is 2. The molecule has 0 bridgehead atoms. The Bertz CT molecular complexity index is 267. The molecule has 98 valence electrons. The van der Waals surface area contributed by atoms with Gasteiger partial charge in [-0.3, -0.25) is 4.90 Å². The topological polar surface area (TPSA) is 114 Å². The van der Waals surface area contributed by atoms with E-state index in [-0.39, 0.29) is 0 Å². The van der Waals surface area contributed by atoms with Crippen LogP contribution in [0.5, 0.6) is 0 Å². The first-order chi connectivity index (χ1) is 8.09. The van der Waals surface area contributed by atoms with Crippen LogP contribution < -0.4 is 16.8 Å². The van der Waals surface area contributed by atoms with Gasteiger partial charge in [0.2, 0.25) is 0 Å². The van der Waals surface area contributed by atoms with Crippen molar-refractivity contribution in [2.45, 2.75) is 0 Å². The molecule has 0 atom stereocenters. The van der Waals surface area contributed by atoms with Crippen molar-refractivity contribution in [2.75, 3.05) is 46.1 Å². The third-order valence-electron chi connectivity index (χ3n) is 2.47. The van der Waals surface area contributed by atoms with Crippen LogP contribution in [0.15, 0.2) is 0 Å². The van der Waals surface area contributed by atoms with Crippen molar-refractivity contribution in [3.8, 4) is 0 Å². The van der Waals surface area contributed by atoms with Crippen LogP contribution in [0.3, 0.4) is 0 Å². The number of rotatable bonds is 5. The van der Waals surface area contributed by atoms with Crippen molar-refractivity contribution in [1.29, 1.82) is 0 Å². The van der Waals surface area contributed by atoms with E-state index in [1.807, 2.05) is 0 Å². The van der Waals surface area contributed by atoms with E-state index in [1.54, 1.807) is 0 Å². The van der Waals surface area contributed by atoms with Gasteiger partial charge in [-0.15, -0.1) is 0 Å². The molecule has 8 nitrogen and oxygen atoms in total. The number of amides is 4. The maximum atomic E-state index is 11.2. The highest BCUT2D eigenvalue weighted by Crippen LogP contribution is 1.99. The zero-order valence-corrected chi connectivity index (χ0v) is 9.72. The van der Waals surface area contributed by atoms with Crippen LogP contribution in [0.4, 0.5) is 9.59 Å². The second-order valence-corrected chi connectivity index (χ2v) is 3.76. The normalized spacial score (nSPS) is 16.5. The van der Waals surface area contributed by atoms with E-state index in [2.05, 4.69) is 10.2 Å². The van der Waals surface area contributed by atoms with E-state index in [0.29, 0.717) is 33.0 Å². The lowest BCUT2D eigenvalue weighted by Gasteiger charge is -2.31. The zero-order valence-electron chi connectivity index (χ0n) is 9.72. The first-order valence-electron chi connectivity index (χ1n) is 5.47. The predicted octanol–water partition coefficient (Wildman–Crippen LogP) is -1.67. The number of nitrogens with one attached hydrogen (secondary N) is 1. The van der Waals surface area contributed by atoms with Gasteiger partial charge in [-0.1, -0.05) is 0 Å². The minimum atomic E-state index is -0.610. The Kier molecular flexibility index (Phi) is 5.50. The van der Waals surface area contributed by atoms with Gasteiger partial charge >= 0.3 is 12.1 Å². The van der Waals surface area contributed by atoms with Gasteiger partial charge in [0, 0.05) is 26.2 Å². The number of primary amides is 2. The van der Waals surface area contributed by atoms with Crippen LogP contribution in [-0.4, -0.2) is 67.9 Å². The van der Waals surface area contributed by atoms with E-state index in [1.165, 1.54) is 4.90 Å². The molecule has 4 amide bonds. The van der Waals surface area contributed by atoms with Gasteiger partial charge in [-0.2, -0.15) is 0 Å². The third-order valence-corrected chi connectivity index (χ3v) is 2.47. The molecule has 0 spiro atoms. The standard InChI is InChI=1S/C9H19N5O3/c10-8(15)12-1-2-14(9(11)16)7-13-3-5-17-6-4-13/h1-7H2,(H2,11,16)(H3,10,12,15). The number of urea groups is 2. The van der Waals surface area contributed by atoms with Crippen LogP contribution in [0.25, 0.3) is 0 Å². The predicted molar refractivity (Wildman–Crippen MR) is 61.1 cm³/mol. The maximum Gasteiger partial charge on any atom is 0.315 e. The fourth-order valence-corrected chi connectivity index (χ4v) is 1.55. The average Bonchev–Trinajstić information content (AvgIpc) is 2.28. The minimum absolute atomic E-state index is 0.294. The third kappa shape index (κ3) is 5.36. The van der Waals surface area contributed by atoms with Crippen LogP contribution in [-0.2, 0) is 4.74 Å². The molecular weight excluding hydrogens is 226 g/mol. The summed E-state index contributed by atoms with van der Waals surface area (Å²) in [5.74, 6) is 0. The zero-order chi connectivity index (χ0) is 12.7. The van der Waals surface area contributed by atoms with Crippen LogP contribution in [0.2, 0.25) is 0 Å². The summed E-state index contributed by atoms with van der Waals surface area (Å²) in [5.41, 5.74) is 10.2. The van der Waals surface area contributed by atoms with E-state index in [0.717, 1.165) is 13.1 Å². The molecule has 17 heavy (non-hydrogen) atoms. The fourth-order valence-electron chi connectivity index (χ4n) is 1.55. The van der Waals surface area contributed by atoms with Gasteiger partial charge in [0.25, 0.3) is 0 Å². The molecule has 0 saturated carbocycles. The molecular formula is C9H19N5O3. The van der Waals surface area contributed by atoms with E-state index >= 15 is 0 Å². The van der Waals surface area contributed by atoms with Crippen molar-refractivity contribution in [3.63, 3.8) is 0 Å². The molecule has 0 radical (unpaired) electrons. The molecule has 8 heteroatoms. The molecule has 5 N–H and O–H groups in total. The molecule has 0 unspecified atom stereocenters. The monoisotopic (exact) mass is 245 g/mol. The maximum absolute atomic E-state index is 11.2. The molecule has 0 aromatic heterocycles. The second kappa shape index (κ2) is 6.92. The number of hydrogen-bond acceptors (Lipinski definition) is 4. The van der Waals surface area contributed by atoms with Crippen molar-refractivity contribution in [1.82, 2.24) is 15.1 Å². The van der Waals surface area contributed by atoms with E-state index in [9.17, 15) is 9.59 Å².